The molecule has 19 heavy (non-hydrogen) atoms. The molecule has 0 heterocycles. The molecule has 0 aliphatic rings. The number of benzene rings is 1. The summed E-state index contributed by atoms with van der Waals surface area (Å²) in [5, 5.41) is 0. The van der Waals surface area contributed by atoms with Gasteiger partial charge < -0.3 is 4.74 Å². The molecule has 0 unspecified atom stereocenters. The Hall–Kier alpha value is -1.64. The van der Waals surface area contributed by atoms with Crippen LogP contribution in [-0.4, -0.2) is 18.4 Å². The van der Waals surface area contributed by atoms with E-state index in [0.717, 1.165) is 6.42 Å². The highest BCUT2D eigenvalue weighted by Gasteiger charge is 2.07. The van der Waals surface area contributed by atoms with Crippen molar-refractivity contribution in [1.82, 2.24) is 0 Å². The highest BCUT2D eigenvalue weighted by Crippen LogP contribution is 2.10. The fourth-order valence-electron chi connectivity index (χ4n) is 1.86. The van der Waals surface area contributed by atoms with Crippen molar-refractivity contribution < 1.29 is 14.3 Å². The Labute approximate surface area is 115 Å². The predicted molar refractivity (Wildman–Crippen MR) is 75.3 cm³/mol. The standard InChI is InChI=1S/C16H22O3/c1-3-4-5-6-7-14-8-10-15(11-9-14)16(18)12-19-13(2)17/h8-11H,3-7,12H2,1-2H3. The molecule has 0 aliphatic heterocycles. The van der Waals surface area contributed by atoms with Gasteiger partial charge in [-0.05, 0) is 18.4 Å². The topological polar surface area (TPSA) is 43.4 Å². The Morgan fingerprint density at radius 2 is 1.74 bits per heavy atom. The number of carbonyl (C=O) groups is 2. The van der Waals surface area contributed by atoms with Crippen LogP contribution in [0.1, 0.15) is 55.5 Å². The van der Waals surface area contributed by atoms with E-state index >= 15 is 0 Å². The number of esters is 1. The number of hydrogen-bond acceptors (Lipinski definition) is 3. The van der Waals surface area contributed by atoms with Crippen molar-refractivity contribution >= 4 is 11.8 Å². The second kappa shape index (κ2) is 8.46. The van der Waals surface area contributed by atoms with Crippen LogP contribution >= 0.6 is 0 Å². The minimum Gasteiger partial charge on any atom is -0.457 e. The summed E-state index contributed by atoms with van der Waals surface area (Å²) >= 11 is 0. The maximum absolute atomic E-state index is 11.7. The van der Waals surface area contributed by atoms with Crippen molar-refractivity contribution in [2.24, 2.45) is 0 Å². The quantitative estimate of drug-likeness (QED) is 0.409. The Balaban J connectivity index is 2.42. The largest absolute Gasteiger partial charge is 0.457 e. The van der Waals surface area contributed by atoms with Crippen LogP contribution in [0.3, 0.4) is 0 Å². The second-order valence-electron chi connectivity index (χ2n) is 4.71. The number of unbranched alkanes of at least 4 members (excludes halogenated alkanes) is 3. The molecule has 104 valence electrons. The van der Waals surface area contributed by atoms with E-state index in [-0.39, 0.29) is 12.4 Å². The van der Waals surface area contributed by atoms with E-state index in [1.807, 2.05) is 12.1 Å². The third-order valence-corrected chi connectivity index (χ3v) is 3.00. The number of ether oxygens (including phenoxy) is 1. The molecule has 1 aromatic rings. The van der Waals surface area contributed by atoms with E-state index < -0.39 is 5.97 Å². The summed E-state index contributed by atoms with van der Waals surface area (Å²) in [6.07, 6.45) is 6.01. The van der Waals surface area contributed by atoms with E-state index in [4.69, 9.17) is 4.74 Å². The molecular weight excluding hydrogens is 240 g/mol. The number of aryl methyl sites for hydroxylation is 1. The van der Waals surface area contributed by atoms with Crippen molar-refractivity contribution in [2.45, 2.75) is 46.0 Å². The molecule has 1 rings (SSSR count). The van der Waals surface area contributed by atoms with Gasteiger partial charge in [0.15, 0.2) is 12.4 Å². The van der Waals surface area contributed by atoms with Crippen LogP contribution in [-0.2, 0) is 16.0 Å². The van der Waals surface area contributed by atoms with E-state index in [0.29, 0.717) is 5.56 Å². The van der Waals surface area contributed by atoms with E-state index in [2.05, 4.69) is 6.92 Å². The van der Waals surface area contributed by atoms with Crippen molar-refractivity contribution in [1.29, 1.82) is 0 Å². The van der Waals surface area contributed by atoms with E-state index in [1.54, 1.807) is 12.1 Å². The van der Waals surface area contributed by atoms with Crippen LogP contribution in [0.15, 0.2) is 24.3 Å². The predicted octanol–water partition coefficient (Wildman–Crippen LogP) is 3.56. The van der Waals surface area contributed by atoms with Crippen LogP contribution in [0.25, 0.3) is 0 Å². The monoisotopic (exact) mass is 262 g/mol. The van der Waals surface area contributed by atoms with Gasteiger partial charge in [0.25, 0.3) is 0 Å². The maximum atomic E-state index is 11.7. The molecule has 0 fully saturated rings. The zero-order chi connectivity index (χ0) is 14.1. The van der Waals surface area contributed by atoms with Gasteiger partial charge in [0.2, 0.25) is 0 Å². The van der Waals surface area contributed by atoms with Gasteiger partial charge in [-0.25, -0.2) is 0 Å². The van der Waals surface area contributed by atoms with Crippen molar-refractivity contribution in [3.63, 3.8) is 0 Å². The van der Waals surface area contributed by atoms with Crippen LogP contribution in [0, 0.1) is 0 Å². The molecule has 0 aliphatic carbocycles. The highest BCUT2D eigenvalue weighted by molar-refractivity contribution is 5.97. The highest BCUT2D eigenvalue weighted by atomic mass is 16.5. The molecular formula is C16H22O3. The molecule has 0 spiro atoms. The first-order valence-corrected chi connectivity index (χ1v) is 6.89. The Kier molecular flexibility index (Phi) is 6.86. The lowest BCUT2D eigenvalue weighted by Gasteiger charge is -2.04. The number of Topliss-reactive ketones (excluding diaryl/α,β-unsaturated/α-hetero) is 1. The lowest BCUT2D eigenvalue weighted by Crippen LogP contribution is -2.11. The summed E-state index contributed by atoms with van der Waals surface area (Å²) in [7, 11) is 0. The van der Waals surface area contributed by atoms with Gasteiger partial charge in [-0.2, -0.15) is 0 Å². The fraction of sp³-hybridized carbons (Fsp3) is 0.500. The van der Waals surface area contributed by atoms with Crippen LogP contribution in [0.5, 0.6) is 0 Å². The number of rotatable bonds is 8. The van der Waals surface area contributed by atoms with E-state index in [9.17, 15) is 9.59 Å². The van der Waals surface area contributed by atoms with Gasteiger partial charge in [-0.1, -0.05) is 50.5 Å². The summed E-state index contributed by atoms with van der Waals surface area (Å²) in [6, 6.07) is 7.57. The minimum atomic E-state index is -0.430. The SMILES string of the molecule is CCCCCCc1ccc(C(=O)COC(C)=O)cc1. The lowest BCUT2D eigenvalue weighted by atomic mass is 10.0. The summed E-state index contributed by atoms with van der Waals surface area (Å²) in [5.74, 6) is -0.589. The molecule has 0 bridgehead atoms. The van der Waals surface area contributed by atoms with Gasteiger partial charge >= 0.3 is 5.97 Å². The Morgan fingerprint density at radius 3 is 2.32 bits per heavy atom. The van der Waals surface area contributed by atoms with Crippen molar-refractivity contribution in [2.75, 3.05) is 6.61 Å². The Morgan fingerprint density at radius 1 is 1.05 bits per heavy atom. The number of hydrogen-bond donors (Lipinski definition) is 0. The van der Waals surface area contributed by atoms with Crippen LogP contribution in [0.2, 0.25) is 0 Å². The molecule has 0 atom stereocenters. The number of carbonyl (C=O) groups excluding carboxylic acids is 2. The first kappa shape index (κ1) is 15.4. The third-order valence-electron chi connectivity index (χ3n) is 3.00. The van der Waals surface area contributed by atoms with E-state index in [1.165, 1.54) is 38.2 Å². The van der Waals surface area contributed by atoms with Gasteiger partial charge in [-0.15, -0.1) is 0 Å². The van der Waals surface area contributed by atoms with Crippen molar-refractivity contribution in [3.05, 3.63) is 35.4 Å². The molecule has 3 heteroatoms. The van der Waals surface area contributed by atoms with Crippen LogP contribution in [0.4, 0.5) is 0 Å². The summed E-state index contributed by atoms with van der Waals surface area (Å²) in [5.41, 5.74) is 1.85. The molecule has 1 aromatic carbocycles. The van der Waals surface area contributed by atoms with Crippen molar-refractivity contribution in [3.8, 4) is 0 Å². The van der Waals surface area contributed by atoms with Crippen LogP contribution < -0.4 is 0 Å². The molecule has 0 radical (unpaired) electrons. The molecule has 0 aromatic heterocycles. The average Bonchev–Trinajstić information content (AvgIpc) is 2.41. The fourth-order valence-corrected chi connectivity index (χ4v) is 1.86. The normalized spacial score (nSPS) is 10.2. The molecule has 0 saturated carbocycles. The van der Waals surface area contributed by atoms with Gasteiger partial charge in [0.1, 0.15) is 0 Å². The van der Waals surface area contributed by atoms with Gasteiger partial charge in [-0.3, -0.25) is 9.59 Å². The van der Waals surface area contributed by atoms with Gasteiger partial charge in [0, 0.05) is 12.5 Å². The average molecular weight is 262 g/mol. The zero-order valence-electron chi connectivity index (χ0n) is 11.8. The zero-order valence-corrected chi connectivity index (χ0v) is 11.8. The summed E-state index contributed by atoms with van der Waals surface area (Å²) in [4.78, 5) is 22.3. The molecule has 0 saturated heterocycles. The van der Waals surface area contributed by atoms with Gasteiger partial charge in [0.05, 0.1) is 0 Å². The summed E-state index contributed by atoms with van der Waals surface area (Å²) < 4.78 is 4.69. The second-order valence-corrected chi connectivity index (χ2v) is 4.71. The minimum absolute atomic E-state index is 0.160. The first-order valence-electron chi connectivity index (χ1n) is 6.89. The molecule has 0 N–H and O–H groups in total. The first-order chi connectivity index (χ1) is 9.13. The third kappa shape index (κ3) is 6.18. The molecule has 0 amide bonds. The maximum Gasteiger partial charge on any atom is 0.303 e. The molecule has 3 nitrogen and oxygen atoms in total. The Bertz CT molecular complexity index is 407. The number of ketones is 1. The lowest BCUT2D eigenvalue weighted by molar-refractivity contribution is -0.139. The summed E-state index contributed by atoms with van der Waals surface area (Å²) in [6.45, 7) is 3.32. The smallest absolute Gasteiger partial charge is 0.303 e.